The second-order valence-corrected chi connectivity index (χ2v) is 5.10. The highest BCUT2D eigenvalue weighted by Crippen LogP contribution is 2.12. The van der Waals surface area contributed by atoms with E-state index in [1.807, 2.05) is 30.3 Å². The number of nitrogens with one attached hydrogen (secondary N) is 1. The van der Waals surface area contributed by atoms with Crippen molar-refractivity contribution in [1.29, 1.82) is 0 Å². The van der Waals surface area contributed by atoms with E-state index in [2.05, 4.69) is 5.32 Å². The van der Waals surface area contributed by atoms with Crippen LogP contribution in [-0.2, 0) is 16.1 Å². The van der Waals surface area contributed by atoms with Crippen LogP contribution in [0.5, 0.6) is 0 Å². The number of rotatable bonds is 5. The number of nitrogens with zero attached hydrogens (tertiary/aromatic N) is 1. The number of piperidine rings is 1. The Bertz CT molecular complexity index is 478. The molecular weight excluding hydrogens is 272 g/mol. The Morgan fingerprint density at radius 1 is 1.33 bits per heavy atom. The fourth-order valence-electron chi connectivity index (χ4n) is 2.35. The van der Waals surface area contributed by atoms with Gasteiger partial charge in [0.1, 0.15) is 6.61 Å². The lowest BCUT2D eigenvalue weighted by Crippen LogP contribution is -2.49. The van der Waals surface area contributed by atoms with E-state index in [0.717, 1.165) is 18.4 Å². The van der Waals surface area contributed by atoms with E-state index >= 15 is 0 Å². The molecule has 0 spiro atoms. The van der Waals surface area contributed by atoms with Gasteiger partial charge in [-0.25, -0.2) is 4.79 Å². The van der Waals surface area contributed by atoms with Crippen LogP contribution in [0.15, 0.2) is 30.3 Å². The molecular formula is C15H20N2O4. The predicted octanol–water partition coefficient (Wildman–Crippen LogP) is 1.46. The number of carboxylic acid groups (broad SMARTS) is 1. The van der Waals surface area contributed by atoms with Gasteiger partial charge in [0.2, 0.25) is 0 Å². The summed E-state index contributed by atoms with van der Waals surface area (Å²) in [4.78, 5) is 24.2. The minimum atomic E-state index is -0.890. The fourth-order valence-corrected chi connectivity index (χ4v) is 2.35. The van der Waals surface area contributed by atoms with Crippen LogP contribution in [0.1, 0.15) is 18.4 Å². The Labute approximate surface area is 123 Å². The molecule has 0 saturated carbocycles. The molecule has 0 aromatic heterocycles. The van der Waals surface area contributed by atoms with Crippen molar-refractivity contribution in [3.63, 3.8) is 0 Å². The number of ether oxygens (including phenoxy) is 1. The molecule has 1 fully saturated rings. The highest BCUT2D eigenvalue weighted by molar-refractivity contribution is 5.69. The summed E-state index contributed by atoms with van der Waals surface area (Å²) in [6, 6.07) is 9.53. The summed E-state index contributed by atoms with van der Waals surface area (Å²) in [6.07, 6.45) is 1.37. The van der Waals surface area contributed by atoms with Gasteiger partial charge in [0.15, 0.2) is 0 Å². The normalized spacial score (nSPS) is 18.3. The molecule has 1 aliphatic rings. The monoisotopic (exact) mass is 292 g/mol. The lowest BCUT2D eigenvalue weighted by molar-refractivity contribution is -0.136. The molecule has 1 amide bonds. The third-order valence-corrected chi connectivity index (χ3v) is 3.43. The summed E-state index contributed by atoms with van der Waals surface area (Å²) >= 11 is 0. The van der Waals surface area contributed by atoms with Crippen LogP contribution in [0.2, 0.25) is 0 Å². The van der Waals surface area contributed by atoms with Crippen LogP contribution >= 0.6 is 0 Å². The maximum absolute atomic E-state index is 12.0. The molecule has 2 N–H and O–H groups in total. The van der Waals surface area contributed by atoms with Gasteiger partial charge in [-0.05, 0) is 18.4 Å². The Morgan fingerprint density at radius 3 is 2.81 bits per heavy atom. The van der Waals surface area contributed by atoms with Gasteiger partial charge in [0.05, 0.1) is 6.54 Å². The molecule has 114 valence electrons. The second-order valence-electron chi connectivity index (χ2n) is 5.10. The third-order valence-electron chi connectivity index (χ3n) is 3.43. The minimum Gasteiger partial charge on any atom is -0.480 e. The van der Waals surface area contributed by atoms with Crippen molar-refractivity contribution in [3.05, 3.63) is 35.9 Å². The number of hydrogen-bond acceptors (Lipinski definition) is 4. The first-order valence-corrected chi connectivity index (χ1v) is 7.06. The maximum atomic E-state index is 12.0. The standard InChI is InChI=1S/C15H20N2O4/c18-14(19)9-16-13-7-4-8-17(10-13)15(20)21-11-12-5-2-1-3-6-12/h1-3,5-6,13,16H,4,7-11H2,(H,18,19)/t13-/m1/s1. The molecule has 0 aliphatic carbocycles. The van der Waals surface area contributed by atoms with Crippen LogP contribution in [0, 0.1) is 0 Å². The first kappa shape index (κ1) is 15.3. The lowest BCUT2D eigenvalue weighted by Gasteiger charge is -2.32. The van der Waals surface area contributed by atoms with Crippen molar-refractivity contribution in [2.45, 2.75) is 25.5 Å². The van der Waals surface area contributed by atoms with Crippen LogP contribution in [0.3, 0.4) is 0 Å². The summed E-state index contributed by atoms with van der Waals surface area (Å²) in [5, 5.41) is 11.6. The molecule has 1 aliphatic heterocycles. The Balaban J connectivity index is 1.77. The van der Waals surface area contributed by atoms with E-state index in [-0.39, 0.29) is 25.3 Å². The zero-order valence-corrected chi connectivity index (χ0v) is 11.8. The predicted molar refractivity (Wildman–Crippen MR) is 76.9 cm³/mol. The van der Waals surface area contributed by atoms with E-state index in [1.165, 1.54) is 0 Å². The molecule has 2 rings (SSSR count). The van der Waals surface area contributed by atoms with E-state index in [4.69, 9.17) is 9.84 Å². The van der Waals surface area contributed by atoms with Crippen molar-refractivity contribution in [1.82, 2.24) is 10.2 Å². The zero-order chi connectivity index (χ0) is 15.1. The number of hydrogen-bond donors (Lipinski definition) is 2. The van der Waals surface area contributed by atoms with E-state index in [1.54, 1.807) is 4.90 Å². The van der Waals surface area contributed by atoms with E-state index < -0.39 is 5.97 Å². The second kappa shape index (κ2) is 7.64. The molecule has 1 aromatic carbocycles. The van der Waals surface area contributed by atoms with Gasteiger partial charge >= 0.3 is 12.1 Å². The van der Waals surface area contributed by atoms with Crippen molar-refractivity contribution in [2.75, 3.05) is 19.6 Å². The third kappa shape index (κ3) is 5.07. The molecule has 6 heteroatoms. The van der Waals surface area contributed by atoms with Gasteiger partial charge in [-0.3, -0.25) is 4.79 Å². The molecule has 1 saturated heterocycles. The molecule has 6 nitrogen and oxygen atoms in total. The molecule has 1 aromatic rings. The number of carbonyl (C=O) groups is 2. The maximum Gasteiger partial charge on any atom is 0.410 e. The van der Waals surface area contributed by atoms with Gasteiger partial charge in [-0.15, -0.1) is 0 Å². The van der Waals surface area contributed by atoms with E-state index in [0.29, 0.717) is 13.1 Å². The molecule has 1 atom stereocenters. The first-order valence-electron chi connectivity index (χ1n) is 7.06. The van der Waals surface area contributed by atoms with Gasteiger partial charge in [-0.1, -0.05) is 30.3 Å². The van der Waals surface area contributed by atoms with Crippen LogP contribution in [-0.4, -0.2) is 47.7 Å². The van der Waals surface area contributed by atoms with Crippen molar-refractivity contribution in [3.8, 4) is 0 Å². The largest absolute Gasteiger partial charge is 0.480 e. The zero-order valence-electron chi connectivity index (χ0n) is 11.8. The average Bonchev–Trinajstić information content (AvgIpc) is 2.52. The molecule has 1 heterocycles. The van der Waals surface area contributed by atoms with Crippen LogP contribution in [0.25, 0.3) is 0 Å². The number of carboxylic acids is 1. The van der Waals surface area contributed by atoms with E-state index in [9.17, 15) is 9.59 Å². The number of aliphatic carboxylic acids is 1. The topological polar surface area (TPSA) is 78.9 Å². The quantitative estimate of drug-likeness (QED) is 0.859. The van der Waals surface area contributed by atoms with Crippen molar-refractivity contribution < 1.29 is 19.4 Å². The summed E-state index contributed by atoms with van der Waals surface area (Å²) in [5.41, 5.74) is 0.948. The number of carbonyl (C=O) groups excluding carboxylic acids is 1. The van der Waals surface area contributed by atoms with Gasteiger partial charge in [-0.2, -0.15) is 0 Å². The number of benzene rings is 1. The van der Waals surface area contributed by atoms with Crippen LogP contribution < -0.4 is 5.32 Å². The summed E-state index contributed by atoms with van der Waals surface area (Å²) in [6.45, 7) is 1.31. The lowest BCUT2D eigenvalue weighted by atomic mass is 10.1. The van der Waals surface area contributed by atoms with Gasteiger partial charge in [0, 0.05) is 19.1 Å². The smallest absolute Gasteiger partial charge is 0.410 e. The summed E-state index contributed by atoms with van der Waals surface area (Å²) in [7, 11) is 0. The van der Waals surface area contributed by atoms with Crippen LogP contribution in [0.4, 0.5) is 4.79 Å². The fraction of sp³-hybridized carbons (Fsp3) is 0.467. The Morgan fingerprint density at radius 2 is 2.10 bits per heavy atom. The molecule has 0 radical (unpaired) electrons. The molecule has 21 heavy (non-hydrogen) atoms. The van der Waals surface area contributed by atoms with Crippen molar-refractivity contribution >= 4 is 12.1 Å². The van der Waals surface area contributed by atoms with Gasteiger partial charge < -0.3 is 20.1 Å². The summed E-state index contributed by atoms with van der Waals surface area (Å²) in [5.74, 6) is -0.890. The number of likely N-dealkylation sites (tertiary alicyclic amines) is 1. The highest BCUT2D eigenvalue weighted by atomic mass is 16.6. The minimum absolute atomic E-state index is 0.0131. The molecule has 0 bridgehead atoms. The summed E-state index contributed by atoms with van der Waals surface area (Å²) < 4.78 is 5.28. The first-order chi connectivity index (χ1) is 10.1. The SMILES string of the molecule is O=C(O)CN[C@@H]1CCCN(C(=O)OCc2ccccc2)C1. The Kier molecular flexibility index (Phi) is 5.57. The van der Waals surface area contributed by atoms with Crippen molar-refractivity contribution in [2.24, 2.45) is 0 Å². The number of amides is 1. The molecule has 0 unspecified atom stereocenters. The Hall–Kier alpha value is -2.08. The highest BCUT2D eigenvalue weighted by Gasteiger charge is 2.24. The average molecular weight is 292 g/mol. The van der Waals surface area contributed by atoms with Gasteiger partial charge in [0.25, 0.3) is 0 Å².